The van der Waals surface area contributed by atoms with Crippen molar-refractivity contribution >= 4 is 62.5 Å². The normalized spacial score (nSPS) is 14.8. The van der Waals surface area contributed by atoms with Crippen LogP contribution in [-0.2, 0) is 4.79 Å². The van der Waals surface area contributed by atoms with Gasteiger partial charge < -0.3 is 4.74 Å². The lowest BCUT2D eigenvalue weighted by molar-refractivity contribution is -0.113. The highest BCUT2D eigenvalue weighted by Crippen LogP contribution is 2.39. The molecule has 156 valence electrons. The van der Waals surface area contributed by atoms with Gasteiger partial charge >= 0.3 is 0 Å². The van der Waals surface area contributed by atoms with Gasteiger partial charge in [0.1, 0.15) is 5.75 Å². The number of anilines is 1. The van der Waals surface area contributed by atoms with Crippen molar-refractivity contribution < 1.29 is 9.53 Å². The predicted octanol–water partition coefficient (Wildman–Crippen LogP) is 7.63. The summed E-state index contributed by atoms with van der Waals surface area (Å²) in [6.45, 7) is 2.52. The first-order chi connectivity index (χ1) is 15.0. The molecule has 0 saturated heterocycles. The molecule has 0 unspecified atom stereocenters. The van der Waals surface area contributed by atoms with E-state index in [4.69, 9.17) is 27.9 Å². The lowest BCUT2D eigenvalue weighted by Gasteiger charge is -2.22. The van der Waals surface area contributed by atoms with Gasteiger partial charge in [0.2, 0.25) is 0 Å². The first-order valence-corrected chi connectivity index (χ1v) is 11.2. The number of ether oxygens (including phenoxy) is 1. The van der Waals surface area contributed by atoms with Crippen molar-refractivity contribution in [2.24, 2.45) is 0 Å². The molecule has 0 atom stereocenters. The predicted molar refractivity (Wildman–Crippen MR) is 132 cm³/mol. The Labute approximate surface area is 199 Å². The molecule has 0 saturated carbocycles. The molecule has 1 aliphatic rings. The van der Waals surface area contributed by atoms with Crippen LogP contribution in [0.15, 0.2) is 82.9 Å². The molecule has 0 N–H and O–H groups in total. The third-order valence-electron chi connectivity index (χ3n) is 4.78. The Kier molecular flexibility index (Phi) is 6.51. The van der Waals surface area contributed by atoms with Crippen LogP contribution < -0.4 is 9.64 Å². The van der Waals surface area contributed by atoms with E-state index >= 15 is 0 Å². The van der Waals surface area contributed by atoms with Gasteiger partial charge in [0, 0.05) is 10.6 Å². The Bertz CT molecular complexity index is 1210. The Morgan fingerprint density at radius 3 is 2.48 bits per heavy atom. The van der Waals surface area contributed by atoms with Crippen LogP contribution in [0, 0.1) is 0 Å². The number of halogens is 3. The van der Waals surface area contributed by atoms with E-state index in [2.05, 4.69) is 15.9 Å². The fourth-order valence-electron chi connectivity index (χ4n) is 3.40. The van der Waals surface area contributed by atoms with Crippen molar-refractivity contribution in [1.29, 1.82) is 0 Å². The zero-order valence-corrected chi connectivity index (χ0v) is 19.7. The average molecular weight is 515 g/mol. The van der Waals surface area contributed by atoms with E-state index in [-0.39, 0.29) is 5.91 Å². The van der Waals surface area contributed by atoms with Gasteiger partial charge in [0.15, 0.2) is 0 Å². The third-order valence-corrected chi connectivity index (χ3v) is 5.94. The topological polar surface area (TPSA) is 29.5 Å². The molecular formula is C25H18BrCl2NO2. The summed E-state index contributed by atoms with van der Waals surface area (Å²) < 4.78 is 6.41. The summed E-state index contributed by atoms with van der Waals surface area (Å²) >= 11 is 16.1. The van der Waals surface area contributed by atoms with Crippen LogP contribution in [0.1, 0.15) is 18.1 Å². The monoisotopic (exact) mass is 513 g/mol. The Balaban J connectivity index is 1.79. The number of carbonyl (C=O) groups is 1. The maximum absolute atomic E-state index is 13.5. The number of nitrogens with zero attached hydrogens (tertiary/aromatic N) is 1. The molecule has 0 spiro atoms. The van der Waals surface area contributed by atoms with Gasteiger partial charge in [0.25, 0.3) is 5.91 Å². The minimum Gasteiger partial charge on any atom is -0.493 e. The van der Waals surface area contributed by atoms with Crippen LogP contribution in [0.25, 0.3) is 11.8 Å². The molecule has 1 aliphatic heterocycles. The van der Waals surface area contributed by atoms with Crippen molar-refractivity contribution in [3.05, 3.63) is 104 Å². The van der Waals surface area contributed by atoms with Crippen molar-refractivity contribution in [2.75, 3.05) is 11.5 Å². The van der Waals surface area contributed by atoms with Gasteiger partial charge in [-0.15, -0.1) is 0 Å². The summed E-state index contributed by atoms with van der Waals surface area (Å²) in [4.78, 5) is 15.1. The van der Waals surface area contributed by atoms with Crippen LogP contribution in [0.3, 0.4) is 0 Å². The van der Waals surface area contributed by atoms with E-state index in [1.807, 2.05) is 67.6 Å². The van der Waals surface area contributed by atoms with Crippen LogP contribution >= 0.6 is 39.1 Å². The SMILES string of the molecule is CCOc1ccc(/C=C2\C=C(c3ccccc3)N(c3ccc(Cl)cc3Cl)C2=O)cc1Br. The number of benzene rings is 3. The van der Waals surface area contributed by atoms with Gasteiger partial charge in [0.05, 0.1) is 27.5 Å². The van der Waals surface area contributed by atoms with E-state index in [0.29, 0.717) is 27.9 Å². The van der Waals surface area contributed by atoms with Crippen LogP contribution in [-0.4, -0.2) is 12.5 Å². The second-order valence-corrected chi connectivity index (χ2v) is 8.55. The largest absolute Gasteiger partial charge is 0.493 e. The van der Waals surface area contributed by atoms with Crippen molar-refractivity contribution in [3.63, 3.8) is 0 Å². The molecular weight excluding hydrogens is 497 g/mol. The molecule has 0 aliphatic carbocycles. The summed E-state index contributed by atoms with van der Waals surface area (Å²) in [6, 6.07) is 20.6. The number of amides is 1. The zero-order chi connectivity index (χ0) is 22.0. The molecule has 3 aromatic rings. The number of carbonyl (C=O) groups excluding carboxylic acids is 1. The van der Waals surface area contributed by atoms with Gasteiger partial charge in [-0.1, -0.05) is 59.6 Å². The number of hydrogen-bond donors (Lipinski definition) is 0. The molecule has 1 heterocycles. The second kappa shape index (κ2) is 9.31. The molecule has 3 nitrogen and oxygen atoms in total. The first kappa shape index (κ1) is 21.7. The van der Waals surface area contributed by atoms with E-state index in [9.17, 15) is 4.79 Å². The van der Waals surface area contributed by atoms with E-state index in [1.165, 1.54) is 0 Å². The van der Waals surface area contributed by atoms with Gasteiger partial charge in [-0.25, -0.2) is 0 Å². The summed E-state index contributed by atoms with van der Waals surface area (Å²) in [5.74, 6) is 0.602. The summed E-state index contributed by atoms with van der Waals surface area (Å²) in [6.07, 6.45) is 3.74. The highest BCUT2D eigenvalue weighted by molar-refractivity contribution is 9.10. The minimum absolute atomic E-state index is 0.159. The third kappa shape index (κ3) is 4.57. The first-order valence-electron chi connectivity index (χ1n) is 9.68. The van der Waals surface area contributed by atoms with Gasteiger partial charge in [-0.3, -0.25) is 9.69 Å². The smallest absolute Gasteiger partial charge is 0.262 e. The van der Waals surface area contributed by atoms with Gasteiger partial charge in [-0.2, -0.15) is 0 Å². The highest BCUT2D eigenvalue weighted by Gasteiger charge is 2.31. The molecule has 6 heteroatoms. The van der Waals surface area contributed by atoms with Crippen LogP contribution in [0.5, 0.6) is 5.75 Å². The van der Waals surface area contributed by atoms with Gasteiger partial charge in [-0.05, 0) is 76.5 Å². The fraction of sp³-hybridized carbons (Fsp3) is 0.0800. The zero-order valence-electron chi connectivity index (χ0n) is 16.6. The van der Waals surface area contributed by atoms with Crippen LogP contribution in [0.2, 0.25) is 10.0 Å². The quantitative estimate of drug-likeness (QED) is 0.327. The van der Waals surface area contributed by atoms with Crippen molar-refractivity contribution in [1.82, 2.24) is 0 Å². The Hall–Kier alpha value is -2.53. The lowest BCUT2D eigenvalue weighted by Crippen LogP contribution is -2.25. The maximum Gasteiger partial charge on any atom is 0.262 e. The molecule has 0 aromatic heterocycles. The standard InChI is InChI=1S/C25H18BrCl2NO2/c1-2-31-24-11-8-16(13-20(24)26)12-18-14-23(17-6-4-3-5-7-17)29(25(18)30)22-10-9-19(27)15-21(22)28/h3-15H,2H2,1H3/b18-12+. The van der Waals surface area contributed by atoms with E-state index < -0.39 is 0 Å². The summed E-state index contributed by atoms with van der Waals surface area (Å²) in [5.41, 5.74) is 3.69. The maximum atomic E-state index is 13.5. The summed E-state index contributed by atoms with van der Waals surface area (Å²) in [7, 11) is 0. The van der Waals surface area contributed by atoms with E-state index in [1.54, 1.807) is 23.1 Å². The molecule has 1 amide bonds. The molecule has 31 heavy (non-hydrogen) atoms. The fourth-order valence-corrected chi connectivity index (χ4v) is 4.40. The Morgan fingerprint density at radius 1 is 1.03 bits per heavy atom. The Morgan fingerprint density at radius 2 is 1.81 bits per heavy atom. The number of hydrogen-bond acceptors (Lipinski definition) is 2. The van der Waals surface area contributed by atoms with Crippen LogP contribution in [0.4, 0.5) is 5.69 Å². The minimum atomic E-state index is -0.159. The van der Waals surface area contributed by atoms with Crippen molar-refractivity contribution in [2.45, 2.75) is 6.92 Å². The molecule has 0 bridgehead atoms. The lowest BCUT2D eigenvalue weighted by atomic mass is 10.1. The molecule has 4 rings (SSSR count). The average Bonchev–Trinajstić information content (AvgIpc) is 3.07. The van der Waals surface area contributed by atoms with E-state index in [0.717, 1.165) is 27.0 Å². The molecule has 0 fully saturated rings. The summed E-state index contributed by atoms with van der Waals surface area (Å²) in [5, 5.41) is 0.924. The number of rotatable bonds is 5. The molecule has 0 radical (unpaired) electrons. The van der Waals surface area contributed by atoms with Crippen molar-refractivity contribution in [3.8, 4) is 5.75 Å². The second-order valence-electron chi connectivity index (χ2n) is 6.85. The highest BCUT2D eigenvalue weighted by atomic mass is 79.9. The molecule has 3 aromatic carbocycles.